The van der Waals surface area contributed by atoms with Crippen LogP contribution in [0.25, 0.3) is 11.1 Å². The predicted octanol–water partition coefficient (Wildman–Crippen LogP) is 3.13. The molecule has 0 aromatic heterocycles. The van der Waals surface area contributed by atoms with Crippen LogP contribution in [0.4, 0.5) is 4.39 Å². The Morgan fingerprint density at radius 3 is 2.71 bits per heavy atom. The summed E-state index contributed by atoms with van der Waals surface area (Å²) in [6, 6.07) is 13.0. The van der Waals surface area contributed by atoms with Crippen molar-refractivity contribution >= 4 is 5.91 Å². The molecular formula is C25H27FN4O. The van der Waals surface area contributed by atoms with Gasteiger partial charge < -0.3 is 10.6 Å². The van der Waals surface area contributed by atoms with Gasteiger partial charge >= 0.3 is 0 Å². The molecule has 160 valence electrons. The molecule has 6 heteroatoms. The van der Waals surface area contributed by atoms with E-state index in [1.54, 1.807) is 6.07 Å². The number of fused-ring (bicyclic) bond motifs is 3. The SMILES string of the molecule is CN1Cc2ccc(-c3ccc(C[C@@H](C#N)NC(=O)C4NC5CCC4C5)c(F)c3)cc2C1. The van der Waals surface area contributed by atoms with E-state index in [1.807, 2.05) is 12.1 Å². The maximum Gasteiger partial charge on any atom is 0.238 e. The largest absolute Gasteiger partial charge is 0.339 e. The molecule has 2 heterocycles. The molecular weight excluding hydrogens is 391 g/mol. The van der Waals surface area contributed by atoms with E-state index in [1.165, 1.54) is 17.2 Å². The smallest absolute Gasteiger partial charge is 0.238 e. The molecule has 3 aliphatic rings. The molecule has 1 saturated heterocycles. The first kappa shape index (κ1) is 20.2. The molecule has 5 nitrogen and oxygen atoms in total. The first-order valence-corrected chi connectivity index (χ1v) is 11.1. The van der Waals surface area contributed by atoms with E-state index in [9.17, 15) is 14.4 Å². The third-order valence-electron chi connectivity index (χ3n) is 7.01. The van der Waals surface area contributed by atoms with Gasteiger partial charge in [-0.05, 0) is 72.2 Å². The second kappa shape index (κ2) is 8.07. The van der Waals surface area contributed by atoms with E-state index in [0.29, 0.717) is 17.5 Å². The Hall–Kier alpha value is -2.75. The topological polar surface area (TPSA) is 68.2 Å². The monoisotopic (exact) mass is 418 g/mol. The summed E-state index contributed by atoms with van der Waals surface area (Å²) in [6.07, 6.45) is 3.37. The molecule has 0 spiro atoms. The van der Waals surface area contributed by atoms with Gasteiger partial charge in [0.1, 0.15) is 11.9 Å². The van der Waals surface area contributed by atoms with Crippen molar-refractivity contribution in [2.75, 3.05) is 7.05 Å². The van der Waals surface area contributed by atoms with Gasteiger partial charge in [-0.25, -0.2) is 4.39 Å². The third kappa shape index (κ3) is 3.96. The minimum absolute atomic E-state index is 0.140. The van der Waals surface area contributed by atoms with Crippen molar-refractivity contribution < 1.29 is 9.18 Å². The van der Waals surface area contributed by atoms with Crippen molar-refractivity contribution in [3.63, 3.8) is 0 Å². The number of nitrogens with zero attached hydrogens (tertiary/aromatic N) is 2. The van der Waals surface area contributed by atoms with Crippen LogP contribution in [0.5, 0.6) is 0 Å². The van der Waals surface area contributed by atoms with Crippen molar-refractivity contribution in [2.45, 2.75) is 56.9 Å². The summed E-state index contributed by atoms with van der Waals surface area (Å²) in [5.41, 5.74) is 4.86. The fourth-order valence-electron chi connectivity index (χ4n) is 5.40. The number of rotatable bonds is 5. The molecule has 31 heavy (non-hydrogen) atoms. The molecule has 2 fully saturated rings. The van der Waals surface area contributed by atoms with E-state index >= 15 is 0 Å². The predicted molar refractivity (Wildman–Crippen MR) is 116 cm³/mol. The molecule has 4 atom stereocenters. The maximum atomic E-state index is 14.9. The Morgan fingerprint density at radius 2 is 2.00 bits per heavy atom. The summed E-state index contributed by atoms with van der Waals surface area (Å²) in [5, 5.41) is 15.7. The lowest BCUT2D eigenvalue weighted by atomic mass is 9.97. The lowest BCUT2D eigenvalue weighted by Gasteiger charge is -2.23. The lowest BCUT2D eigenvalue weighted by molar-refractivity contribution is -0.124. The fourth-order valence-corrected chi connectivity index (χ4v) is 5.40. The molecule has 1 aliphatic carbocycles. The Bertz CT molecular complexity index is 1060. The van der Waals surface area contributed by atoms with Gasteiger partial charge in [-0.3, -0.25) is 9.69 Å². The average Bonchev–Trinajstić information content (AvgIpc) is 3.48. The molecule has 1 saturated carbocycles. The minimum Gasteiger partial charge on any atom is -0.339 e. The van der Waals surface area contributed by atoms with E-state index in [-0.39, 0.29) is 24.2 Å². The fraction of sp³-hybridized carbons (Fsp3) is 0.440. The maximum absolute atomic E-state index is 14.9. The van der Waals surface area contributed by atoms with Crippen LogP contribution in [0, 0.1) is 23.1 Å². The van der Waals surface area contributed by atoms with Gasteiger partial charge in [0.15, 0.2) is 0 Å². The third-order valence-corrected chi connectivity index (χ3v) is 7.01. The van der Waals surface area contributed by atoms with Gasteiger partial charge in [-0.1, -0.05) is 24.3 Å². The van der Waals surface area contributed by atoms with Crippen LogP contribution >= 0.6 is 0 Å². The number of hydrogen-bond donors (Lipinski definition) is 2. The Labute approximate surface area is 182 Å². The van der Waals surface area contributed by atoms with Gasteiger partial charge in [0, 0.05) is 25.6 Å². The number of carbonyl (C=O) groups excluding carboxylic acids is 1. The number of piperidine rings is 1. The summed E-state index contributed by atoms with van der Waals surface area (Å²) in [5.74, 6) is -0.131. The summed E-state index contributed by atoms with van der Waals surface area (Å²) >= 11 is 0. The average molecular weight is 419 g/mol. The van der Waals surface area contributed by atoms with Gasteiger partial charge in [0.2, 0.25) is 5.91 Å². The van der Waals surface area contributed by atoms with E-state index in [0.717, 1.165) is 43.5 Å². The van der Waals surface area contributed by atoms with Gasteiger partial charge in [-0.15, -0.1) is 0 Å². The molecule has 2 bridgehead atoms. The highest BCUT2D eigenvalue weighted by Crippen LogP contribution is 2.35. The Balaban J connectivity index is 1.27. The Kier molecular flexibility index (Phi) is 5.25. The number of benzene rings is 2. The molecule has 2 N–H and O–H groups in total. The zero-order valence-electron chi connectivity index (χ0n) is 17.7. The van der Waals surface area contributed by atoms with Crippen LogP contribution in [-0.2, 0) is 24.3 Å². The van der Waals surface area contributed by atoms with Crippen LogP contribution in [0.15, 0.2) is 36.4 Å². The van der Waals surface area contributed by atoms with Crippen molar-refractivity contribution in [3.8, 4) is 17.2 Å². The van der Waals surface area contributed by atoms with Gasteiger partial charge in [-0.2, -0.15) is 5.26 Å². The van der Waals surface area contributed by atoms with Crippen LogP contribution in [0.2, 0.25) is 0 Å². The number of carbonyl (C=O) groups is 1. The summed E-state index contributed by atoms with van der Waals surface area (Å²) in [4.78, 5) is 14.9. The molecule has 2 aromatic rings. The molecule has 1 amide bonds. The molecule has 2 aromatic carbocycles. The van der Waals surface area contributed by atoms with Crippen molar-refractivity contribution in [3.05, 3.63) is 58.9 Å². The van der Waals surface area contributed by atoms with E-state index in [4.69, 9.17) is 0 Å². The van der Waals surface area contributed by atoms with Crippen molar-refractivity contribution in [1.29, 1.82) is 5.26 Å². The number of nitrogens with one attached hydrogen (secondary N) is 2. The zero-order chi connectivity index (χ0) is 21.5. The van der Waals surface area contributed by atoms with Crippen molar-refractivity contribution in [1.82, 2.24) is 15.5 Å². The normalized spacial score (nSPS) is 25.3. The highest BCUT2D eigenvalue weighted by atomic mass is 19.1. The number of nitriles is 1. The van der Waals surface area contributed by atoms with Crippen LogP contribution in [0.3, 0.4) is 0 Å². The summed E-state index contributed by atoms with van der Waals surface area (Å²) in [6.45, 7) is 1.85. The quantitative estimate of drug-likeness (QED) is 0.783. The van der Waals surface area contributed by atoms with Crippen LogP contribution in [-0.4, -0.2) is 36.0 Å². The second-order valence-electron chi connectivity index (χ2n) is 9.27. The van der Waals surface area contributed by atoms with Crippen LogP contribution in [0.1, 0.15) is 36.0 Å². The summed E-state index contributed by atoms with van der Waals surface area (Å²) < 4.78 is 14.9. The second-order valence-corrected chi connectivity index (χ2v) is 9.27. The highest BCUT2D eigenvalue weighted by molar-refractivity contribution is 5.83. The number of halogens is 1. The Morgan fingerprint density at radius 1 is 1.23 bits per heavy atom. The van der Waals surface area contributed by atoms with Crippen molar-refractivity contribution in [2.24, 2.45) is 5.92 Å². The van der Waals surface area contributed by atoms with Crippen LogP contribution < -0.4 is 10.6 Å². The first-order chi connectivity index (χ1) is 15.0. The molecule has 3 unspecified atom stereocenters. The number of hydrogen-bond acceptors (Lipinski definition) is 4. The number of amides is 1. The lowest BCUT2D eigenvalue weighted by Crippen LogP contribution is -2.50. The highest BCUT2D eigenvalue weighted by Gasteiger charge is 2.43. The standard InChI is InChI=1S/C25H27FN4O/c1-30-13-19-5-3-15(8-20(19)14-30)16-2-4-17(23(26)11-16)9-22(12-27)29-25(31)24-18-6-7-21(10-18)28-24/h2-5,8,11,18,21-22,24,28H,6-7,9-10,13-14H2,1H3,(H,29,31)/t18?,21?,22-,24?/m0/s1. The van der Waals surface area contributed by atoms with Gasteiger partial charge in [0.05, 0.1) is 12.1 Å². The zero-order valence-corrected chi connectivity index (χ0v) is 17.7. The van der Waals surface area contributed by atoms with E-state index in [2.05, 4.69) is 40.8 Å². The molecule has 0 radical (unpaired) electrons. The molecule has 2 aliphatic heterocycles. The van der Waals surface area contributed by atoms with E-state index < -0.39 is 6.04 Å². The minimum atomic E-state index is -0.746. The first-order valence-electron chi connectivity index (χ1n) is 11.1. The summed E-state index contributed by atoms with van der Waals surface area (Å²) in [7, 11) is 2.09. The molecule has 5 rings (SSSR count). The van der Waals surface area contributed by atoms with Gasteiger partial charge in [0.25, 0.3) is 0 Å².